The first-order valence-electron chi connectivity index (χ1n) is 6.13. The first kappa shape index (κ1) is 14.4. The van der Waals surface area contributed by atoms with Crippen molar-refractivity contribution in [1.29, 1.82) is 0 Å². The Morgan fingerprint density at radius 2 is 1.83 bits per heavy atom. The molecule has 98 valence electrons. The third-order valence-corrected chi connectivity index (χ3v) is 2.76. The van der Waals surface area contributed by atoms with Gasteiger partial charge in [0.25, 0.3) is 0 Å². The van der Waals surface area contributed by atoms with Gasteiger partial charge in [-0.3, -0.25) is 9.59 Å². The Morgan fingerprint density at radius 3 is 2.39 bits per heavy atom. The third-order valence-electron chi connectivity index (χ3n) is 2.76. The molecule has 0 saturated carbocycles. The Labute approximate surface area is 108 Å². The fourth-order valence-corrected chi connectivity index (χ4v) is 1.55. The lowest BCUT2D eigenvalue weighted by atomic mass is 10.0. The summed E-state index contributed by atoms with van der Waals surface area (Å²) < 4.78 is 0. The summed E-state index contributed by atoms with van der Waals surface area (Å²) in [6.45, 7) is 3.28. The minimum Gasteiger partial charge on any atom is -0.345 e. The van der Waals surface area contributed by atoms with Gasteiger partial charge in [-0.2, -0.15) is 0 Å². The molecule has 0 heterocycles. The van der Waals surface area contributed by atoms with Crippen LogP contribution in [-0.4, -0.2) is 23.8 Å². The van der Waals surface area contributed by atoms with Gasteiger partial charge in [0.1, 0.15) is 0 Å². The number of nitrogens with two attached hydrogens (primary N) is 1. The zero-order chi connectivity index (χ0) is 13.5. The molecule has 1 rings (SSSR count). The summed E-state index contributed by atoms with van der Waals surface area (Å²) >= 11 is 0. The lowest BCUT2D eigenvalue weighted by molar-refractivity contribution is -0.127. The number of hydrogen-bond donors (Lipinski definition) is 2. The number of hydrogen-bond acceptors (Lipinski definition) is 3. The zero-order valence-electron chi connectivity index (χ0n) is 10.8. The summed E-state index contributed by atoms with van der Waals surface area (Å²) in [6, 6.07) is 8.73. The van der Waals surface area contributed by atoms with E-state index >= 15 is 0 Å². The predicted molar refractivity (Wildman–Crippen MR) is 71.0 cm³/mol. The molecular weight excluding hydrogens is 228 g/mol. The molecule has 0 aromatic heterocycles. The molecular formula is C14H20N2O2. The van der Waals surface area contributed by atoms with Crippen LogP contribution in [0.4, 0.5) is 0 Å². The highest BCUT2D eigenvalue weighted by atomic mass is 16.2. The maximum absolute atomic E-state index is 11.8. The largest absolute Gasteiger partial charge is 0.345 e. The minimum absolute atomic E-state index is 0.0212. The Morgan fingerprint density at radius 1 is 1.22 bits per heavy atom. The molecule has 1 amide bonds. The number of Topliss-reactive ketones (excluding diaryl/α,β-unsaturated/α-hetero) is 1. The molecule has 0 unspecified atom stereocenters. The predicted octanol–water partition coefficient (Wildman–Crippen LogP) is 1.04. The van der Waals surface area contributed by atoms with E-state index in [4.69, 9.17) is 5.73 Å². The number of rotatable bonds is 6. The molecule has 0 aliphatic carbocycles. The quantitative estimate of drug-likeness (QED) is 0.790. The van der Waals surface area contributed by atoms with E-state index in [2.05, 4.69) is 5.32 Å². The molecule has 1 aromatic carbocycles. The molecule has 4 nitrogen and oxygen atoms in total. The molecule has 1 aromatic rings. The van der Waals surface area contributed by atoms with Gasteiger partial charge in [0.2, 0.25) is 5.91 Å². The van der Waals surface area contributed by atoms with Crippen LogP contribution in [0.15, 0.2) is 30.3 Å². The second-order valence-corrected chi connectivity index (χ2v) is 4.47. The van der Waals surface area contributed by atoms with Crippen LogP contribution in [0.2, 0.25) is 0 Å². The maximum atomic E-state index is 11.8. The highest BCUT2D eigenvalue weighted by Crippen LogP contribution is 2.04. The number of carbonyl (C=O) groups is 2. The summed E-state index contributed by atoms with van der Waals surface area (Å²) in [6.07, 6.45) is 1.11. The van der Waals surface area contributed by atoms with E-state index in [9.17, 15) is 9.59 Å². The van der Waals surface area contributed by atoms with Gasteiger partial charge in [-0.15, -0.1) is 0 Å². The van der Waals surface area contributed by atoms with Crippen LogP contribution >= 0.6 is 0 Å². The summed E-state index contributed by atoms with van der Waals surface area (Å²) in [7, 11) is 0. The molecule has 0 spiro atoms. The summed E-state index contributed by atoms with van der Waals surface area (Å²) in [5, 5.41) is 2.60. The first-order valence-corrected chi connectivity index (χ1v) is 6.13. The smallest absolute Gasteiger partial charge is 0.237 e. The Bertz CT molecular complexity index is 402. The first-order chi connectivity index (χ1) is 8.50. The lowest BCUT2D eigenvalue weighted by Crippen LogP contribution is -2.45. The second kappa shape index (κ2) is 6.91. The molecule has 0 fully saturated rings. The van der Waals surface area contributed by atoms with Crippen molar-refractivity contribution in [1.82, 2.24) is 5.32 Å². The third kappa shape index (κ3) is 4.67. The van der Waals surface area contributed by atoms with Crippen LogP contribution in [0.3, 0.4) is 0 Å². The summed E-state index contributed by atoms with van der Waals surface area (Å²) in [5.41, 5.74) is 6.55. The normalized spacial score (nSPS) is 13.7. The molecule has 4 heteroatoms. The van der Waals surface area contributed by atoms with Gasteiger partial charge in [-0.1, -0.05) is 30.3 Å². The molecule has 0 bridgehead atoms. The van der Waals surface area contributed by atoms with E-state index in [-0.39, 0.29) is 11.7 Å². The SMILES string of the molecule is C[C@H](N)C(=O)N[C@@H](C)C(=O)CCc1ccccc1. The van der Waals surface area contributed by atoms with E-state index in [0.29, 0.717) is 12.8 Å². The van der Waals surface area contributed by atoms with Crippen LogP contribution in [0.5, 0.6) is 0 Å². The standard InChI is InChI=1S/C14H20N2O2/c1-10(15)14(18)16-11(2)13(17)9-8-12-6-4-3-5-7-12/h3-7,10-11H,8-9,15H2,1-2H3,(H,16,18)/t10-,11-/m0/s1. The van der Waals surface area contributed by atoms with Gasteiger partial charge >= 0.3 is 0 Å². The number of aryl methyl sites for hydroxylation is 1. The molecule has 0 aliphatic rings. The van der Waals surface area contributed by atoms with Crippen LogP contribution in [0, 0.1) is 0 Å². The van der Waals surface area contributed by atoms with Gasteiger partial charge in [0.15, 0.2) is 5.78 Å². The Hall–Kier alpha value is -1.68. The van der Waals surface area contributed by atoms with Gasteiger partial charge < -0.3 is 11.1 Å². The molecule has 0 radical (unpaired) electrons. The molecule has 0 aliphatic heterocycles. The van der Waals surface area contributed by atoms with Crippen LogP contribution in [0.25, 0.3) is 0 Å². The number of nitrogens with one attached hydrogen (secondary N) is 1. The van der Waals surface area contributed by atoms with Crippen LogP contribution in [-0.2, 0) is 16.0 Å². The zero-order valence-corrected chi connectivity index (χ0v) is 10.8. The van der Waals surface area contributed by atoms with Gasteiger partial charge in [-0.05, 0) is 25.8 Å². The second-order valence-electron chi connectivity index (χ2n) is 4.47. The molecule has 0 saturated heterocycles. The van der Waals surface area contributed by atoms with Crippen molar-refractivity contribution in [2.45, 2.75) is 38.8 Å². The van der Waals surface area contributed by atoms with E-state index in [1.165, 1.54) is 0 Å². The molecule has 3 N–H and O–H groups in total. The van der Waals surface area contributed by atoms with Crippen molar-refractivity contribution in [3.05, 3.63) is 35.9 Å². The van der Waals surface area contributed by atoms with E-state index < -0.39 is 12.1 Å². The average molecular weight is 248 g/mol. The molecule has 18 heavy (non-hydrogen) atoms. The summed E-state index contributed by atoms with van der Waals surface area (Å²) in [5.74, 6) is -0.275. The van der Waals surface area contributed by atoms with Gasteiger partial charge in [-0.25, -0.2) is 0 Å². The van der Waals surface area contributed by atoms with Crippen molar-refractivity contribution >= 4 is 11.7 Å². The minimum atomic E-state index is -0.589. The Kier molecular flexibility index (Phi) is 5.52. The fourth-order valence-electron chi connectivity index (χ4n) is 1.55. The van der Waals surface area contributed by atoms with Crippen molar-refractivity contribution in [3.63, 3.8) is 0 Å². The topological polar surface area (TPSA) is 72.2 Å². The highest BCUT2D eigenvalue weighted by molar-refractivity contribution is 5.90. The monoisotopic (exact) mass is 248 g/mol. The van der Waals surface area contributed by atoms with E-state index in [1.54, 1.807) is 13.8 Å². The maximum Gasteiger partial charge on any atom is 0.237 e. The number of ketones is 1. The Balaban J connectivity index is 2.39. The van der Waals surface area contributed by atoms with Crippen molar-refractivity contribution in [3.8, 4) is 0 Å². The highest BCUT2D eigenvalue weighted by Gasteiger charge is 2.17. The molecule has 2 atom stereocenters. The van der Waals surface area contributed by atoms with E-state index in [1.807, 2.05) is 30.3 Å². The number of benzene rings is 1. The van der Waals surface area contributed by atoms with Crippen LogP contribution < -0.4 is 11.1 Å². The van der Waals surface area contributed by atoms with Crippen LogP contribution in [0.1, 0.15) is 25.8 Å². The average Bonchev–Trinajstić information content (AvgIpc) is 2.36. The van der Waals surface area contributed by atoms with Crippen molar-refractivity contribution < 1.29 is 9.59 Å². The van der Waals surface area contributed by atoms with Crippen molar-refractivity contribution in [2.24, 2.45) is 5.73 Å². The fraction of sp³-hybridized carbons (Fsp3) is 0.429. The van der Waals surface area contributed by atoms with Gasteiger partial charge in [0.05, 0.1) is 12.1 Å². The summed E-state index contributed by atoms with van der Waals surface area (Å²) in [4.78, 5) is 23.2. The lowest BCUT2D eigenvalue weighted by Gasteiger charge is -2.14. The van der Waals surface area contributed by atoms with E-state index in [0.717, 1.165) is 5.56 Å². The number of carbonyl (C=O) groups excluding carboxylic acids is 2. The van der Waals surface area contributed by atoms with Gasteiger partial charge in [0, 0.05) is 6.42 Å². The number of amides is 1. The van der Waals surface area contributed by atoms with Crippen molar-refractivity contribution in [2.75, 3.05) is 0 Å².